The van der Waals surface area contributed by atoms with Gasteiger partial charge in [0.15, 0.2) is 5.82 Å². The largest absolute Gasteiger partial charge is 0.361 e. The number of fused-ring (bicyclic) bond motifs is 1. The van der Waals surface area contributed by atoms with Gasteiger partial charge in [0.05, 0.1) is 0 Å². The lowest BCUT2D eigenvalue weighted by atomic mass is 10.1. The molecule has 7 heteroatoms. The fraction of sp³-hybridized carbons (Fsp3) is 0.250. The van der Waals surface area contributed by atoms with Crippen LogP contribution >= 0.6 is 0 Å². The summed E-state index contributed by atoms with van der Waals surface area (Å²) >= 11 is 0. The molecule has 0 spiro atoms. The third kappa shape index (κ3) is 3.23. The third-order valence-electron chi connectivity index (χ3n) is 5.06. The SMILES string of the molecule is Cc1c(CNc2nccc(Nc3cc(C4CC4)[nH]n3)n2)ccc2cc[nH]c12. The van der Waals surface area contributed by atoms with Gasteiger partial charge in [-0.2, -0.15) is 10.1 Å². The maximum atomic E-state index is 4.54. The van der Waals surface area contributed by atoms with E-state index in [1.807, 2.05) is 12.3 Å². The van der Waals surface area contributed by atoms with Crippen molar-refractivity contribution in [2.75, 3.05) is 10.6 Å². The number of anilines is 3. The maximum Gasteiger partial charge on any atom is 0.224 e. The number of benzene rings is 1. The lowest BCUT2D eigenvalue weighted by molar-refractivity contribution is 0.966. The highest BCUT2D eigenvalue weighted by molar-refractivity contribution is 5.83. The average Bonchev–Trinajstić information content (AvgIpc) is 3.23. The Morgan fingerprint density at radius 3 is 2.96 bits per heavy atom. The number of rotatable bonds is 6. The number of aromatic amines is 2. The summed E-state index contributed by atoms with van der Waals surface area (Å²) in [4.78, 5) is 12.2. The van der Waals surface area contributed by atoms with Crippen LogP contribution in [0.1, 0.15) is 35.6 Å². The molecule has 0 radical (unpaired) electrons. The number of hydrogen-bond acceptors (Lipinski definition) is 5. The molecule has 7 nitrogen and oxygen atoms in total. The van der Waals surface area contributed by atoms with Crippen LogP contribution in [0.15, 0.2) is 42.7 Å². The Labute approximate surface area is 156 Å². The minimum absolute atomic E-state index is 0.587. The molecule has 1 aliphatic rings. The molecular formula is C20H21N7. The number of nitrogens with zero attached hydrogens (tertiary/aromatic N) is 3. The van der Waals surface area contributed by atoms with Gasteiger partial charge in [-0.25, -0.2) is 4.98 Å². The van der Waals surface area contributed by atoms with E-state index >= 15 is 0 Å². The fourth-order valence-corrected chi connectivity index (χ4v) is 3.34. The average molecular weight is 359 g/mol. The van der Waals surface area contributed by atoms with E-state index in [4.69, 9.17) is 0 Å². The second-order valence-corrected chi connectivity index (χ2v) is 7.02. The number of aryl methyl sites for hydroxylation is 1. The third-order valence-corrected chi connectivity index (χ3v) is 5.06. The molecule has 5 rings (SSSR count). The Bertz CT molecular complexity index is 1090. The fourth-order valence-electron chi connectivity index (χ4n) is 3.34. The lowest BCUT2D eigenvalue weighted by Crippen LogP contribution is -2.06. The van der Waals surface area contributed by atoms with Crippen LogP contribution < -0.4 is 10.6 Å². The zero-order valence-electron chi connectivity index (χ0n) is 15.1. The van der Waals surface area contributed by atoms with Crippen molar-refractivity contribution >= 4 is 28.5 Å². The topological polar surface area (TPSA) is 94.3 Å². The molecule has 4 aromatic rings. The summed E-state index contributed by atoms with van der Waals surface area (Å²) in [5.74, 6) is 2.74. The van der Waals surface area contributed by atoms with Crippen LogP contribution in [0.2, 0.25) is 0 Å². The van der Waals surface area contributed by atoms with E-state index in [1.54, 1.807) is 6.20 Å². The molecule has 0 amide bonds. The van der Waals surface area contributed by atoms with Crippen LogP contribution in [0, 0.1) is 6.92 Å². The van der Waals surface area contributed by atoms with Crippen molar-refractivity contribution < 1.29 is 0 Å². The molecule has 1 fully saturated rings. The molecule has 27 heavy (non-hydrogen) atoms. The highest BCUT2D eigenvalue weighted by atomic mass is 15.2. The van der Waals surface area contributed by atoms with Crippen molar-refractivity contribution in [3.8, 4) is 0 Å². The van der Waals surface area contributed by atoms with E-state index in [1.165, 1.54) is 40.6 Å². The quantitative estimate of drug-likeness (QED) is 0.413. The van der Waals surface area contributed by atoms with E-state index in [0.29, 0.717) is 18.4 Å². The van der Waals surface area contributed by atoms with Crippen LogP contribution in [0.3, 0.4) is 0 Å². The molecule has 0 aliphatic heterocycles. The van der Waals surface area contributed by atoms with Gasteiger partial charge in [-0.15, -0.1) is 0 Å². The van der Waals surface area contributed by atoms with Gasteiger partial charge in [0, 0.05) is 42.1 Å². The van der Waals surface area contributed by atoms with Crippen LogP contribution in [0.25, 0.3) is 10.9 Å². The summed E-state index contributed by atoms with van der Waals surface area (Å²) in [6.07, 6.45) is 6.21. The number of nitrogens with one attached hydrogen (secondary N) is 4. The molecule has 4 N–H and O–H groups in total. The van der Waals surface area contributed by atoms with Crippen LogP contribution in [-0.4, -0.2) is 25.1 Å². The predicted octanol–water partition coefficient (Wildman–Crippen LogP) is 4.22. The highest BCUT2D eigenvalue weighted by Gasteiger charge is 2.25. The van der Waals surface area contributed by atoms with Crippen molar-refractivity contribution in [2.45, 2.75) is 32.2 Å². The molecule has 0 bridgehead atoms. The predicted molar refractivity (Wildman–Crippen MR) is 106 cm³/mol. The van der Waals surface area contributed by atoms with Crippen LogP contribution in [0.4, 0.5) is 17.6 Å². The number of aromatic nitrogens is 5. The number of H-pyrrole nitrogens is 2. The molecule has 1 saturated carbocycles. The first-order chi connectivity index (χ1) is 13.3. The monoisotopic (exact) mass is 359 g/mol. The zero-order chi connectivity index (χ0) is 18.2. The summed E-state index contributed by atoms with van der Waals surface area (Å²) in [5, 5.41) is 15.2. The van der Waals surface area contributed by atoms with Crippen LogP contribution in [0.5, 0.6) is 0 Å². The lowest BCUT2D eigenvalue weighted by Gasteiger charge is -2.10. The second kappa shape index (κ2) is 6.42. The Kier molecular flexibility index (Phi) is 3.78. The van der Waals surface area contributed by atoms with E-state index in [-0.39, 0.29) is 0 Å². The Balaban J connectivity index is 1.28. The van der Waals surface area contributed by atoms with Gasteiger partial charge in [0.2, 0.25) is 5.95 Å². The first kappa shape index (κ1) is 15.9. The van der Waals surface area contributed by atoms with Gasteiger partial charge < -0.3 is 15.6 Å². The maximum absolute atomic E-state index is 4.54. The molecule has 3 heterocycles. The molecule has 0 saturated heterocycles. The first-order valence-corrected chi connectivity index (χ1v) is 9.21. The molecule has 1 aromatic carbocycles. The molecule has 0 unspecified atom stereocenters. The summed E-state index contributed by atoms with van der Waals surface area (Å²) < 4.78 is 0. The van der Waals surface area contributed by atoms with Crippen molar-refractivity contribution in [3.05, 3.63) is 59.5 Å². The zero-order valence-corrected chi connectivity index (χ0v) is 15.1. The van der Waals surface area contributed by atoms with Crippen molar-refractivity contribution in [2.24, 2.45) is 0 Å². The highest BCUT2D eigenvalue weighted by Crippen LogP contribution is 2.39. The van der Waals surface area contributed by atoms with Crippen molar-refractivity contribution in [1.82, 2.24) is 25.1 Å². The molecular weight excluding hydrogens is 338 g/mol. The molecule has 3 aromatic heterocycles. The van der Waals surface area contributed by atoms with E-state index in [0.717, 1.165) is 11.6 Å². The Hall–Kier alpha value is -3.35. The summed E-state index contributed by atoms with van der Waals surface area (Å²) in [6.45, 7) is 2.79. The van der Waals surface area contributed by atoms with Gasteiger partial charge in [-0.3, -0.25) is 5.10 Å². The Morgan fingerprint density at radius 2 is 2.07 bits per heavy atom. The molecule has 136 valence electrons. The second-order valence-electron chi connectivity index (χ2n) is 7.02. The smallest absolute Gasteiger partial charge is 0.224 e. The first-order valence-electron chi connectivity index (χ1n) is 9.21. The van der Waals surface area contributed by atoms with Gasteiger partial charge in [-0.05, 0) is 48.4 Å². The summed E-state index contributed by atoms with van der Waals surface area (Å²) in [5.41, 5.74) is 4.83. The minimum atomic E-state index is 0.587. The van der Waals surface area contributed by atoms with Crippen molar-refractivity contribution in [1.29, 1.82) is 0 Å². The van der Waals surface area contributed by atoms with Crippen molar-refractivity contribution in [3.63, 3.8) is 0 Å². The van der Waals surface area contributed by atoms with Gasteiger partial charge in [0.25, 0.3) is 0 Å². The summed E-state index contributed by atoms with van der Waals surface area (Å²) in [7, 11) is 0. The normalized spacial score (nSPS) is 13.8. The van der Waals surface area contributed by atoms with Gasteiger partial charge >= 0.3 is 0 Å². The van der Waals surface area contributed by atoms with E-state index < -0.39 is 0 Å². The van der Waals surface area contributed by atoms with E-state index in [2.05, 4.69) is 67.0 Å². The minimum Gasteiger partial charge on any atom is -0.361 e. The Morgan fingerprint density at radius 1 is 1.15 bits per heavy atom. The van der Waals surface area contributed by atoms with Crippen LogP contribution in [-0.2, 0) is 6.54 Å². The standard InChI is InChI=1S/C20H21N7/c1-12-15(5-4-14-6-8-21-19(12)14)11-23-20-22-9-7-17(25-20)24-18-10-16(26-27-18)13-2-3-13/h4-10,13,21H,2-3,11H2,1H3,(H3,22,23,24,25,26,27). The molecule has 0 atom stereocenters. The number of hydrogen-bond donors (Lipinski definition) is 4. The summed E-state index contributed by atoms with van der Waals surface area (Å²) in [6, 6.07) is 10.3. The van der Waals surface area contributed by atoms with E-state index in [9.17, 15) is 0 Å². The van der Waals surface area contributed by atoms with Gasteiger partial charge in [-0.1, -0.05) is 12.1 Å². The van der Waals surface area contributed by atoms with Gasteiger partial charge in [0.1, 0.15) is 5.82 Å². The molecule has 1 aliphatic carbocycles.